The Morgan fingerprint density at radius 3 is 2.57 bits per heavy atom. The van der Waals surface area contributed by atoms with Gasteiger partial charge in [-0.2, -0.15) is 0 Å². The molecule has 2 unspecified atom stereocenters. The number of amides is 1. The molecule has 1 aliphatic heterocycles. The van der Waals surface area contributed by atoms with E-state index < -0.39 is 0 Å². The minimum atomic E-state index is -0.111. The van der Waals surface area contributed by atoms with Crippen LogP contribution in [0.1, 0.15) is 26.7 Å². The molecule has 1 saturated heterocycles. The van der Waals surface area contributed by atoms with Crippen LogP contribution in [0.3, 0.4) is 0 Å². The summed E-state index contributed by atoms with van der Waals surface area (Å²) in [6.07, 6.45) is 0.942. The fourth-order valence-electron chi connectivity index (χ4n) is 1.75. The number of carbonyl (C=O) groups is 2. The van der Waals surface area contributed by atoms with Crippen LogP contribution in [0.4, 0.5) is 0 Å². The fourth-order valence-corrected chi connectivity index (χ4v) is 1.75. The fraction of sp³-hybridized carbons (Fsp3) is 0.800. The molecule has 1 rings (SSSR count). The SMILES string of the molecule is CC(=O)CC(=O)N(C)C1CCOC1C. The standard InChI is InChI=1S/C10H17NO3/c1-7(12)6-10(13)11(3)9-4-5-14-8(9)2/h8-9H,4-6H2,1-3H3. The number of nitrogens with zero attached hydrogens (tertiary/aromatic N) is 1. The predicted molar refractivity (Wildman–Crippen MR) is 51.9 cm³/mol. The third-order valence-corrected chi connectivity index (χ3v) is 2.63. The van der Waals surface area contributed by atoms with Gasteiger partial charge < -0.3 is 9.64 Å². The second-order valence-electron chi connectivity index (χ2n) is 3.82. The van der Waals surface area contributed by atoms with Crippen molar-refractivity contribution in [2.75, 3.05) is 13.7 Å². The molecule has 2 atom stereocenters. The minimum absolute atomic E-state index is 0.000278. The van der Waals surface area contributed by atoms with Gasteiger partial charge in [-0.1, -0.05) is 0 Å². The molecular weight excluding hydrogens is 182 g/mol. The molecule has 0 aromatic heterocycles. The summed E-state index contributed by atoms with van der Waals surface area (Å²) < 4.78 is 5.36. The van der Waals surface area contributed by atoms with Crippen LogP contribution < -0.4 is 0 Å². The predicted octanol–water partition coefficient (Wildman–Crippen LogP) is 0.601. The molecule has 1 fully saturated rings. The van der Waals surface area contributed by atoms with E-state index in [9.17, 15) is 9.59 Å². The number of hydrogen-bond acceptors (Lipinski definition) is 3. The summed E-state index contributed by atoms with van der Waals surface area (Å²) in [6.45, 7) is 4.08. The second-order valence-corrected chi connectivity index (χ2v) is 3.82. The average Bonchev–Trinajstić information content (AvgIpc) is 2.48. The van der Waals surface area contributed by atoms with Gasteiger partial charge in [-0.15, -0.1) is 0 Å². The Balaban J connectivity index is 2.51. The largest absolute Gasteiger partial charge is 0.376 e. The van der Waals surface area contributed by atoms with Crippen molar-refractivity contribution >= 4 is 11.7 Å². The first-order valence-corrected chi connectivity index (χ1v) is 4.89. The molecule has 1 heterocycles. The molecule has 4 nitrogen and oxygen atoms in total. The summed E-state index contributed by atoms with van der Waals surface area (Å²) in [4.78, 5) is 23.9. The van der Waals surface area contributed by atoms with E-state index in [2.05, 4.69) is 0 Å². The molecule has 0 aromatic carbocycles. The minimum Gasteiger partial charge on any atom is -0.376 e. The van der Waals surface area contributed by atoms with Crippen molar-refractivity contribution in [3.8, 4) is 0 Å². The number of rotatable bonds is 3. The van der Waals surface area contributed by atoms with Crippen LogP contribution in [-0.4, -0.2) is 42.4 Å². The van der Waals surface area contributed by atoms with Gasteiger partial charge >= 0.3 is 0 Å². The molecule has 0 saturated carbocycles. The summed E-state index contributed by atoms with van der Waals surface area (Å²) >= 11 is 0. The van der Waals surface area contributed by atoms with E-state index in [1.54, 1.807) is 11.9 Å². The van der Waals surface area contributed by atoms with Gasteiger partial charge in [0.1, 0.15) is 5.78 Å². The highest BCUT2D eigenvalue weighted by Crippen LogP contribution is 2.18. The summed E-state index contributed by atoms with van der Waals surface area (Å²) in [5, 5.41) is 0. The molecule has 0 bridgehead atoms. The highest BCUT2D eigenvalue weighted by Gasteiger charge is 2.30. The monoisotopic (exact) mass is 199 g/mol. The summed E-state index contributed by atoms with van der Waals surface area (Å²) in [5.41, 5.74) is 0. The van der Waals surface area contributed by atoms with Gasteiger partial charge in [-0.25, -0.2) is 0 Å². The zero-order chi connectivity index (χ0) is 10.7. The van der Waals surface area contributed by atoms with Crippen LogP contribution in [0.5, 0.6) is 0 Å². The zero-order valence-electron chi connectivity index (χ0n) is 8.95. The number of ketones is 1. The normalized spacial score (nSPS) is 26.2. The van der Waals surface area contributed by atoms with Crippen molar-refractivity contribution in [3.05, 3.63) is 0 Å². The Hall–Kier alpha value is -0.900. The molecule has 1 aliphatic rings. The first-order chi connectivity index (χ1) is 6.52. The molecular formula is C10H17NO3. The van der Waals surface area contributed by atoms with E-state index in [0.29, 0.717) is 6.61 Å². The molecule has 80 valence electrons. The first-order valence-electron chi connectivity index (χ1n) is 4.89. The second kappa shape index (κ2) is 4.55. The van der Waals surface area contributed by atoms with E-state index >= 15 is 0 Å². The lowest BCUT2D eigenvalue weighted by atomic mass is 10.1. The Labute approximate surface area is 84.2 Å². The highest BCUT2D eigenvalue weighted by molar-refractivity contribution is 5.96. The molecule has 0 aliphatic carbocycles. The van der Waals surface area contributed by atoms with Gasteiger partial charge in [0.05, 0.1) is 18.6 Å². The van der Waals surface area contributed by atoms with Crippen LogP contribution >= 0.6 is 0 Å². The Kier molecular flexibility index (Phi) is 3.63. The van der Waals surface area contributed by atoms with Gasteiger partial charge in [0.15, 0.2) is 0 Å². The van der Waals surface area contributed by atoms with E-state index in [4.69, 9.17) is 4.74 Å². The topological polar surface area (TPSA) is 46.6 Å². The number of likely N-dealkylation sites (N-methyl/N-ethyl adjacent to an activating group) is 1. The quantitative estimate of drug-likeness (QED) is 0.625. The third kappa shape index (κ3) is 2.54. The first kappa shape index (κ1) is 11.2. The van der Waals surface area contributed by atoms with Gasteiger partial charge in [-0.3, -0.25) is 9.59 Å². The molecule has 4 heteroatoms. The summed E-state index contributed by atoms with van der Waals surface area (Å²) in [6, 6.07) is 0.127. The van der Waals surface area contributed by atoms with Gasteiger partial charge in [0.2, 0.25) is 5.91 Å². The van der Waals surface area contributed by atoms with Crippen molar-refractivity contribution in [3.63, 3.8) is 0 Å². The van der Waals surface area contributed by atoms with Crippen LogP contribution in [0.15, 0.2) is 0 Å². The van der Waals surface area contributed by atoms with Gasteiger partial charge in [-0.05, 0) is 20.3 Å². The van der Waals surface area contributed by atoms with E-state index in [-0.39, 0.29) is 30.3 Å². The van der Waals surface area contributed by atoms with E-state index in [1.165, 1.54) is 6.92 Å². The Bertz CT molecular complexity index is 240. The molecule has 0 spiro atoms. The maximum atomic E-state index is 11.5. The number of ether oxygens (including phenoxy) is 1. The Morgan fingerprint density at radius 2 is 2.14 bits per heavy atom. The molecule has 0 aromatic rings. The Morgan fingerprint density at radius 1 is 1.50 bits per heavy atom. The lowest BCUT2D eigenvalue weighted by Gasteiger charge is -2.26. The van der Waals surface area contributed by atoms with Crippen molar-refractivity contribution in [2.24, 2.45) is 0 Å². The van der Waals surface area contributed by atoms with Gasteiger partial charge in [0, 0.05) is 13.7 Å². The lowest BCUT2D eigenvalue weighted by molar-refractivity contribution is -0.136. The molecule has 0 radical (unpaired) electrons. The maximum absolute atomic E-state index is 11.5. The van der Waals surface area contributed by atoms with Crippen molar-refractivity contribution in [2.45, 2.75) is 38.8 Å². The van der Waals surface area contributed by atoms with Gasteiger partial charge in [0.25, 0.3) is 0 Å². The van der Waals surface area contributed by atoms with Crippen molar-refractivity contribution < 1.29 is 14.3 Å². The third-order valence-electron chi connectivity index (χ3n) is 2.63. The van der Waals surface area contributed by atoms with Crippen molar-refractivity contribution in [1.29, 1.82) is 0 Å². The highest BCUT2D eigenvalue weighted by atomic mass is 16.5. The average molecular weight is 199 g/mol. The van der Waals surface area contributed by atoms with Crippen LogP contribution in [-0.2, 0) is 14.3 Å². The maximum Gasteiger partial charge on any atom is 0.230 e. The number of hydrogen-bond donors (Lipinski definition) is 0. The van der Waals surface area contributed by atoms with E-state index in [0.717, 1.165) is 6.42 Å². The molecule has 1 amide bonds. The molecule has 14 heavy (non-hydrogen) atoms. The van der Waals surface area contributed by atoms with Crippen LogP contribution in [0.2, 0.25) is 0 Å². The smallest absolute Gasteiger partial charge is 0.230 e. The lowest BCUT2D eigenvalue weighted by Crippen LogP contribution is -2.41. The summed E-state index contributed by atoms with van der Waals surface area (Å²) in [7, 11) is 1.74. The molecule has 0 N–H and O–H groups in total. The number of carbonyl (C=O) groups excluding carboxylic acids is 2. The van der Waals surface area contributed by atoms with E-state index in [1.807, 2.05) is 6.92 Å². The van der Waals surface area contributed by atoms with Crippen LogP contribution in [0.25, 0.3) is 0 Å². The zero-order valence-corrected chi connectivity index (χ0v) is 8.95. The van der Waals surface area contributed by atoms with Crippen LogP contribution in [0, 0.1) is 0 Å². The van der Waals surface area contributed by atoms with Crippen molar-refractivity contribution in [1.82, 2.24) is 4.90 Å². The summed E-state index contributed by atoms with van der Waals surface area (Å²) in [5.74, 6) is -0.201. The number of Topliss-reactive ketones (excluding diaryl/α,β-unsaturated/α-hetero) is 1.